The SMILES string of the molecule is CNc1nc(CO)nc2c1ncn2[C@@H]1OC2COP(=O)(S)O[C@H]3[C@@H](O[Si](C)(C)C(C)(C)C)[C@H](n4cc5c6c(ncnc64)NCCC5)O[C@@H]3COP(=O)(S)O[C@@H]1[C@@H]2OC. The maximum absolute atomic E-state index is 14.4. The van der Waals surface area contributed by atoms with Crippen LogP contribution in [-0.2, 0) is 58.9 Å². The van der Waals surface area contributed by atoms with Gasteiger partial charge in [-0.1, -0.05) is 45.3 Å². The van der Waals surface area contributed by atoms with Gasteiger partial charge in [0.2, 0.25) is 0 Å². The highest BCUT2D eigenvalue weighted by Crippen LogP contribution is 2.61. The summed E-state index contributed by atoms with van der Waals surface area (Å²) in [6.07, 6.45) is -1.57. The molecule has 4 aliphatic heterocycles. The van der Waals surface area contributed by atoms with Crippen LogP contribution >= 0.6 is 38.1 Å². The lowest BCUT2D eigenvalue weighted by atomic mass is 10.1. The molecule has 4 aromatic rings. The third-order valence-electron chi connectivity index (χ3n) is 11.4. The van der Waals surface area contributed by atoms with Crippen molar-refractivity contribution >= 4 is 80.2 Å². The van der Waals surface area contributed by atoms with Gasteiger partial charge in [-0.2, -0.15) is 0 Å². The third-order valence-corrected chi connectivity index (χ3v) is 19.1. The number of thiol groups is 2. The zero-order chi connectivity index (χ0) is 41.4. The van der Waals surface area contributed by atoms with Crippen molar-refractivity contribution in [2.75, 3.05) is 44.5 Å². The van der Waals surface area contributed by atoms with Gasteiger partial charge in [-0.05, 0) is 36.5 Å². The maximum Gasteiger partial charge on any atom is 0.386 e. The fourth-order valence-electron chi connectivity index (χ4n) is 7.56. The summed E-state index contributed by atoms with van der Waals surface area (Å²) in [4.78, 5) is 22.4. The number of hydrogen-bond acceptors (Lipinski definition) is 18. The molecule has 10 atom stereocenters. The second kappa shape index (κ2) is 15.9. The van der Waals surface area contributed by atoms with Gasteiger partial charge in [0.1, 0.15) is 61.0 Å². The van der Waals surface area contributed by atoms with Gasteiger partial charge in [0.05, 0.1) is 24.9 Å². The molecule has 8 heterocycles. The monoisotopic (exact) mass is 901 g/mol. The predicted molar refractivity (Wildman–Crippen MR) is 221 cm³/mol. The van der Waals surface area contributed by atoms with E-state index < -0.39 is 84.2 Å². The number of anilines is 2. The Balaban J connectivity index is 1.18. The van der Waals surface area contributed by atoms with Gasteiger partial charge in [0.15, 0.2) is 43.6 Å². The molecular weight excluding hydrogens is 853 g/mol. The molecule has 0 aliphatic carbocycles. The van der Waals surface area contributed by atoms with Crippen molar-refractivity contribution in [1.82, 2.24) is 34.1 Å². The first kappa shape index (κ1) is 42.5. The molecule has 3 unspecified atom stereocenters. The number of fused-ring (bicyclic) bond motifs is 4. The molecule has 0 saturated carbocycles. The topological polar surface area (TPSA) is 227 Å². The van der Waals surface area contributed by atoms with E-state index >= 15 is 0 Å². The lowest BCUT2D eigenvalue weighted by Crippen LogP contribution is -2.49. The van der Waals surface area contributed by atoms with Crippen LogP contribution in [0.15, 0.2) is 18.9 Å². The lowest BCUT2D eigenvalue weighted by molar-refractivity contribution is -0.0578. The number of aryl methyl sites for hydroxylation is 1. The number of nitrogens with zero attached hydrogens (tertiary/aromatic N) is 7. The minimum atomic E-state index is -4.30. The average molecular weight is 902 g/mol. The van der Waals surface area contributed by atoms with E-state index in [9.17, 15) is 14.2 Å². The highest BCUT2D eigenvalue weighted by molar-refractivity contribution is 8.44. The van der Waals surface area contributed by atoms with Crippen molar-refractivity contribution in [3.8, 4) is 0 Å². The standard InChI is InChI=1S/C33H49N9O11P2S2Si/c1-33(2,3)58(6,7)53-26-24-19(50-32(26)41-11-17-9-8-10-35-27-21(17)29(41)37-15-36-27)14-48-55(45,57)52-25-23(46-5)18(13-47-54(44,56)51-24)49-31(25)42-16-38-22-28(34-4)39-20(12-43)40-30(22)42/h11,15-16,18-19,23-26,31-32,43H,8-10,12-14H2,1-7H3,(H,44,56)(H,45,57)(H,34,39,40)(H,35,36,37)/t18?,19-,23-,24-,25-,26-,31-,32-,54?,55?/m1/s1. The number of ether oxygens (including phenoxy) is 3. The summed E-state index contributed by atoms with van der Waals surface area (Å²) in [5.74, 6) is 1.20. The minimum absolute atomic E-state index is 0.118. The van der Waals surface area contributed by atoms with Gasteiger partial charge in [-0.25, -0.2) is 34.0 Å². The smallest absolute Gasteiger partial charge is 0.386 e. The summed E-state index contributed by atoms with van der Waals surface area (Å²) in [6, 6.07) is 0. The molecular formula is C33H49N9O11P2S2Si. The number of aromatic nitrogens is 7. The summed E-state index contributed by atoms with van der Waals surface area (Å²) in [5.41, 5.74) is 2.29. The van der Waals surface area contributed by atoms with E-state index in [2.05, 4.69) is 93.9 Å². The number of rotatable bonds is 7. The van der Waals surface area contributed by atoms with E-state index in [1.165, 1.54) is 24.3 Å². The van der Waals surface area contributed by atoms with Crippen molar-refractivity contribution in [1.29, 1.82) is 0 Å². The highest BCUT2D eigenvalue weighted by atomic mass is 32.7. The zero-order valence-electron chi connectivity index (χ0n) is 33.0. The van der Waals surface area contributed by atoms with Crippen LogP contribution in [0, 0.1) is 0 Å². The Kier molecular flexibility index (Phi) is 11.7. The van der Waals surface area contributed by atoms with Gasteiger partial charge >= 0.3 is 13.6 Å². The Hall–Kier alpha value is -2.21. The second-order valence-corrected chi connectivity index (χ2v) is 26.6. The van der Waals surface area contributed by atoms with Crippen molar-refractivity contribution < 1.29 is 51.0 Å². The molecule has 318 valence electrons. The number of aliphatic hydroxyl groups excluding tert-OH is 1. The molecule has 0 radical (unpaired) electrons. The van der Waals surface area contributed by atoms with Crippen molar-refractivity contribution in [3.05, 3.63) is 30.2 Å². The molecule has 58 heavy (non-hydrogen) atoms. The van der Waals surface area contributed by atoms with E-state index in [1.807, 2.05) is 10.8 Å². The third kappa shape index (κ3) is 7.89. The second-order valence-electron chi connectivity index (χ2n) is 16.1. The average Bonchev–Trinajstić information content (AvgIpc) is 3.89. The molecule has 20 nitrogen and oxygen atoms in total. The van der Waals surface area contributed by atoms with E-state index in [0.29, 0.717) is 17.0 Å². The number of imidazole rings is 1. The van der Waals surface area contributed by atoms with Crippen LogP contribution in [0.3, 0.4) is 0 Å². The Morgan fingerprint density at radius 2 is 1.69 bits per heavy atom. The number of hydrogen-bond donors (Lipinski definition) is 5. The van der Waals surface area contributed by atoms with E-state index in [0.717, 1.165) is 36.2 Å². The fraction of sp³-hybridized carbons (Fsp3) is 0.667. The quantitative estimate of drug-likeness (QED) is 0.0906. The Bertz CT molecular complexity index is 2280. The van der Waals surface area contributed by atoms with Gasteiger partial charge < -0.3 is 38.9 Å². The molecule has 3 N–H and O–H groups in total. The molecule has 2 bridgehead atoms. The van der Waals surface area contributed by atoms with Crippen molar-refractivity contribution in [2.45, 2.75) is 107 Å². The molecule has 3 fully saturated rings. The van der Waals surface area contributed by atoms with Crippen molar-refractivity contribution in [2.24, 2.45) is 0 Å². The summed E-state index contributed by atoms with van der Waals surface area (Å²) >= 11 is 8.89. The van der Waals surface area contributed by atoms with Crippen molar-refractivity contribution in [3.63, 3.8) is 0 Å². The van der Waals surface area contributed by atoms with Crippen LogP contribution < -0.4 is 10.6 Å². The zero-order valence-corrected chi connectivity index (χ0v) is 37.6. The molecule has 0 amide bonds. The first-order valence-electron chi connectivity index (χ1n) is 18.9. The maximum atomic E-state index is 14.4. The van der Waals surface area contributed by atoms with Gasteiger partial charge in [0, 0.05) is 26.9 Å². The number of aliphatic hydroxyl groups is 1. The number of methoxy groups -OCH3 is 1. The molecule has 0 spiro atoms. The molecule has 4 aliphatic rings. The van der Waals surface area contributed by atoms with E-state index in [4.69, 9.17) is 36.7 Å². The normalized spacial score (nSPS) is 33.6. The first-order chi connectivity index (χ1) is 27.4. The van der Waals surface area contributed by atoms with E-state index in [-0.39, 0.29) is 23.1 Å². The van der Waals surface area contributed by atoms with Crippen LogP contribution in [0.1, 0.15) is 51.0 Å². The van der Waals surface area contributed by atoms with Crippen LogP contribution in [0.5, 0.6) is 0 Å². The summed E-state index contributed by atoms with van der Waals surface area (Å²) in [7, 11) is 0.456. The van der Waals surface area contributed by atoms with Gasteiger partial charge in [-0.3, -0.25) is 22.7 Å². The Labute approximate surface area is 346 Å². The molecule has 0 aromatic carbocycles. The molecule has 8 rings (SSSR count). The fourth-order valence-corrected chi connectivity index (χ4v) is 11.8. The summed E-state index contributed by atoms with van der Waals surface area (Å²) < 4.78 is 83.0. The largest absolute Gasteiger partial charge is 0.407 e. The Morgan fingerprint density at radius 3 is 2.38 bits per heavy atom. The van der Waals surface area contributed by atoms with Gasteiger partial charge in [0.25, 0.3) is 0 Å². The van der Waals surface area contributed by atoms with Gasteiger partial charge in [-0.15, -0.1) is 0 Å². The predicted octanol–water partition coefficient (Wildman–Crippen LogP) is 5.26. The lowest BCUT2D eigenvalue weighted by Gasteiger charge is -2.40. The Morgan fingerprint density at radius 1 is 0.983 bits per heavy atom. The van der Waals surface area contributed by atoms with Crippen LogP contribution in [-0.4, -0.2) is 118 Å². The van der Waals surface area contributed by atoms with Crippen LogP contribution in [0.2, 0.25) is 18.1 Å². The number of nitrogens with one attached hydrogen (secondary N) is 2. The van der Waals surface area contributed by atoms with E-state index in [1.54, 1.807) is 7.05 Å². The van der Waals surface area contributed by atoms with Crippen LogP contribution in [0.4, 0.5) is 11.6 Å². The molecule has 25 heteroatoms. The molecule has 4 aromatic heterocycles. The summed E-state index contributed by atoms with van der Waals surface area (Å²) in [5, 5.41) is 16.9. The molecule has 3 saturated heterocycles. The summed E-state index contributed by atoms with van der Waals surface area (Å²) in [6.45, 7) is 1.51. The first-order valence-corrected chi connectivity index (χ1v) is 27.2. The minimum Gasteiger partial charge on any atom is -0.407 e. The van der Waals surface area contributed by atoms with Crippen LogP contribution in [0.25, 0.3) is 22.2 Å². The highest BCUT2D eigenvalue weighted by Gasteiger charge is 2.56.